The lowest BCUT2D eigenvalue weighted by molar-refractivity contribution is -0.140. The molecule has 1 unspecified atom stereocenters. The van der Waals surface area contributed by atoms with Crippen LogP contribution in [0.4, 0.5) is 0 Å². The maximum Gasteiger partial charge on any atom is 0.264 e. The average Bonchev–Trinajstić information content (AvgIpc) is 2.61. The van der Waals surface area contributed by atoms with Gasteiger partial charge in [0.25, 0.3) is 5.91 Å². The molecule has 1 rings (SSSR count). The molecule has 4 N–H and O–H groups in total. The van der Waals surface area contributed by atoms with E-state index in [2.05, 4.69) is 12.2 Å². The van der Waals surface area contributed by atoms with Crippen LogP contribution in [0.5, 0.6) is 0 Å². The number of rotatable bonds is 14. The molecule has 0 aromatic heterocycles. The van der Waals surface area contributed by atoms with Gasteiger partial charge in [-0.2, -0.15) is 0 Å². The zero-order chi connectivity index (χ0) is 20.3. The molecule has 0 aliphatic carbocycles. The maximum atomic E-state index is 11.7. The molecule has 6 nitrogen and oxygen atoms in total. The third-order valence-corrected chi connectivity index (χ3v) is 5.86. The number of unbranched alkanes of at least 4 members (excludes halogenated alkanes) is 6. The third-order valence-electron chi connectivity index (χ3n) is 4.73. The average molecular weight is 399 g/mol. The van der Waals surface area contributed by atoms with Crippen molar-refractivity contribution in [2.24, 2.45) is 5.73 Å². The number of aryl methyl sites for hydroxylation is 1. The van der Waals surface area contributed by atoms with Gasteiger partial charge in [-0.3, -0.25) is 10.1 Å². The second-order valence-corrected chi connectivity index (χ2v) is 9.20. The molecule has 1 aromatic carbocycles. The van der Waals surface area contributed by atoms with Crippen LogP contribution in [0.1, 0.15) is 63.9 Å². The molecule has 27 heavy (non-hydrogen) atoms. The second-order valence-electron chi connectivity index (χ2n) is 7.19. The number of sulfone groups is 1. The number of hydrogen-bond donors (Lipinski definition) is 3. The van der Waals surface area contributed by atoms with Crippen LogP contribution in [0.25, 0.3) is 0 Å². The van der Waals surface area contributed by atoms with Gasteiger partial charge in [0, 0.05) is 12.7 Å². The molecule has 0 saturated heterocycles. The highest BCUT2D eigenvalue weighted by Crippen LogP contribution is 2.16. The van der Waals surface area contributed by atoms with Crippen molar-refractivity contribution in [3.63, 3.8) is 0 Å². The SMILES string of the molecule is CCCCCCCCCNC(O)(CCc1ccc(S(C)(=O)=O)cc1)C(N)=O. The van der Waals surface area contributed by atoms with Crippen LogP contribution in [0, 0.1) is 0 Å². The molecule has 0 spiro atoms. The van der Waals surface area contributed by atoms with Gasteiger partial charge in [-0.1, -0.05) is 57.6 Å². The van der Waals surface area contributed by atoms with Crippen molar-refractivity contribution in [3.05, 3.63) is 29.8 Å². The highest BCUT2D eigenvalue weighted by molar-refractivity contribution is 7.90. The Morgan fingerprint density at radius 1 is 1.07 bits per heavy atom. The summed E-state index contributed by atoms with van der Waals surface area (Å²) in [6.07, 6.45) is 9.76. The number of carbonyl (C=O) groups excluding carboxylic acids is 1. The van der Waals surface area contributed by atoms with Crippen LogP contribution in [0.3, 0.4) is 0 Å². The normalized spacial score (nSPS) is 14.0. The predicted octanol–water partition coefficient (Wildman–Crippen LogP) is 2.54. The number of nitrogens with two attached hydrogens (primary N) is 1. The predicted molar refractivity (Wildman–Crippen MR) is 108 cm³/mol. The number of amides is 1. The van der Waals surface area contributed by atoms with Gasteiger partial charge in [0.2, 0.25) is 0 Å². The van der Waals surface area contributed by atoms with Gasteiger partial charge in [0.05, 0.1) is 4.90 Å². The number of benzene rings is 1. The molecular formula is C20H34N2O4S. The lowest BCUT2D eigenvalue weighted by atomic mass is 10.0. The Labute approximate surface area is 163 Å². The Kier molecular flexibility index (Phi) is 9.98. The van der Waals surface area contributed by atoms with E-state index >= 15 is 0 Å². The highest BCUT2D eigenvalue weighted by atomic mass is 32.2. The van der Waals surface area contributed by atoms with E-state index < -0.39 is 21.5 Å². The minimum atomic E-state index is -3.24. The van der Waals surface area contributed by atoms with E-state index in [1.54, 1.807) is 12.1 Å². The summed E-state index contributed by atoms with van der Waals surface area (Å²) in [5, 5.41) is 13.4. The highest BCUT2D eigenvalue weighted by Gasteiger charge is 2.32. The summed E-state index contributed by atoms with van der Waals surface area (Å²) in [5.74, 6) is -0.793. The van der Waals surface area contributed by atoms with E-state index in [9.17, 15) is 18.3 Å². The van der Waals surface area contributed by atoms with Crippen molar-refractivity contribution in [3.8, 4) is 0 Å². The molecule has 0 saturated carbocycles. The molecular weight excluding hydrogens is 364 g/mol. The molecule has 0 fully saturated rings. The van der Waals surface area contributed by atoms with Crippen LogP contribution in [0.2, 0.25) is 0 Å². The molecule has 0 bridgehead atoms. The van der Waals surface area contributed by atoms with Gasteiger partial charge in [0.1, 0.15) is 0 Å². The summed E-state index contributed by atoms with van der Waals surface area (Å²) in [6, 6.07) is 6.43. The number of carbonyl (C=O) groups is 1. The second kappa shape index (κ2) is 11.4. The molecule has 0 heterocycles. The first-order chi connectivity index (χ1) is 12.7. The molecule has 1 aromatic rings. The summed E-state index contributed by atoms with van der Waals surface area (Å²) in [4.78, 5) is 11.9. The topological polar surface area (TPSA) is 109 Å². The molecule has 0 aliphatic heterocycles. The largest absolute Gasteiger partial charge is 0.367 e. The lowest BCUT2D eigenvalue weighted by Crippen LogP contribution is -2.56. The number of aliphatic hydroxyl groups is 1. The smallest absolute Gasteiger partial charge is 0.264 e. The summed E-state index contributed by atoms with van der Waals surface area (Å²) >= 11 is 0. The number of nitrogens with one attached hydrogen (secondary N) is 1. The standard InChI is InChI=1S/C20H34N2O4S/c1-3-4-5-6-7-8-9-16-22-20(24,19(21)23)15-14-17-10-12-18(13-11-17)27(2,25)26/h10-13,22,24H,3-9,14-16H2,1-2H3,(H2,21,23). The summed E-state index contributed by atoms with van der Waals surface area (Å²) in [6.45, 7) is 2.72. The molecule has 154 valence electrons. The van der Waals surface area contributed by atoms with Crippen molar-refractivity contribution in [1.82, 2.24) is 5.32 Å². The van der Waals surface area contributed by atoms with Crippen molar-refractivity contribution < 1.29 is 18.3 Å². The summed E-state index contributed by atoms with van der Waals surface area (Å²) in [5.41, 5.74) is 4.46. The van der Waals surface area contributed by atoms with Crippen molar-refractivity contribution >= 4 is 15.7 Å². The summed E-state index contributed by atoms with van der Waals surface area (Å²) in [7, 11) is -3.24. The molecule has 1 atom stereocenters. The number of hydrogen-bond acceptors (Lipinski definition) is 5. The zero-order valence-electron chi connectivity index (χ0n) is 16.5. The first kappa shape index (κ1) is 23.6. The van der Waals surface area contributed by atoms with Crippen molar-refractivity contribution in [2.75, 3.05) is 12.8 Å². The van der Waals surface area contributed by atoms with Gasteiger partial charge < -0.3 is 10.8 Å². The fourth-order valence-corrected chi connectivity index (χ4v) is 3.54. The van der Waals surface area contributed by atoms with Crippen LogP contribution < -0.4 is 11.1 Å². The van der Waals surface area contributed by atoms with E-state index in [0.29, 0.717) is 13.0 Å². The first-order valence-corrected chi connectivity index (χ1v) is 11.6. The van der Waals surface area contributed by atoms with Crippen LogP contribution in [-0.4, -0.2) is 38.0 Å². The Bertz CT molecular complexity index is 674. The van der Waals surface area contributed by atoms with Gasteiger partial charge in [-0.15, -0.1) is 0 Å². The van der Waals surface area contributed by atoms with Gasteiger partial charge in [-0.25, -0.2) is 8.42 Å². The van der Waals surface area contributed by atoms with Crippen LogP contribution in [-0.2, 0) is 21.1 Å². The van der Waals surface area contributed by atoms with E-state index in [-0.39, 0.29) is 11.3 Å². The minimum Gasteiger partial charge on any atom is -0.367 e. The van der Waals surface area contributed by atoms with E-state index in [1.807, 2.05) is 0 Å². The van der Waals surface area contributed by atoms with E-state index in [4.69, 9.17) is 5.73 Å². The molecule has 7 heteroatoms. The minimum absolute atomic E-state index is 0.136. The molecule has 0 aliphatic rings. The van der Waals surface area contributed by atoms with E-state index in [1.165, 1.54) is 37.8 Å². The van der Waals surface area contributed by atoms with Gasteiger partial charge in [-0.05, 0) is 37.1 Å². The quantitative estimate of drug-likeness (QED) is 0.329. The van der Waals surface area contributed by atoms with Crippen molar-refractivity contribution in [2.45, 2.75) is 75.3 Å². The van der Waals surface area contributed by atoms with E-state index in [0.717, 1.165) is 31.1 Å². The maximum absolute atomic E-state index is 11.7. The van der Waals surface area contributed by atoms with Crippen molar-refractivity contribution in [1.29, 1.82) is 0 Å². The molecule has 1 amide bonds. The van der Waals surface area contributed by atoms with Crippen LogP contribution in [0.15, 0.2) is 29.2 Å². The Balaban J connectivity index is 2.44. The lowest BCUT2D eigenvalue weighted by Gasteiger charge is -2.26. The Morgan fingerprint density at radius 3 is 2.15 bits per heavy atom. The first-order valence-electron chi connectivity index (χ1n) is 9.75. The third kappa shape index (κ3) is 8.86. The van der Waals surface area contributed by atoms with Gasteiger partial charge in [0.15, 0.2) is 15.6 Å². The number of primary amides is 1. The monoisotopic (exact) mass is 398 g/mol. The Hall–Kier alpha value is -1.44. The Morgan fingerprint density at radius 2 is 1.63 bits per heavy atom. The zero-order valence-corrected chi connectivity index (χ0v) is 17.4. The van der Waals surface area contributed by atoms with Crippen LogP contribution >= 0.6 is 0 Å². The van der Waals surface area contributed by atoms with Gasteiger partial charge >= 0.3 is 0 Å². The fraction of sp³-hybridized carbons (Fsp3) is 0.650. The summed E-state index contributed by atoms with van der Waals surface area (Å²) < 4.78 is 23.0. The fourth-order valence-electron chi connectivity index (χ4n) is 2.90. The molecule has 0 radical (unpaired) electrons.